The van der Waals surface area contributed by atoms with Crippen molar-refractivity contribution in [3.8, 4) is 0 Å². The summed E-state index contributed by atoms with van der Waals surface area (Å²) in [5, 5.41) is 3.43. The number of nitrogens with one attached hydrogen (secondary N) is 1. The van der Waals surface area contributed by atoms with E-state index in [-0.39, 0.29) is 5.54 Å². The largest absolute Gasteiger partial charge is 0.368 e. The average molecular weight is 291 g/mol. The molecule has 1 fully saturated rings. The maximum Gasteiger partial charge on any atom is 0.261 e. The van der Waals surface area contributed by atoms with Crippen LogP contribution in [0.4, 0.5) is 8.78 Å². The minimum atomic E-state index is -2.38. The third-order valence-electron chi connectivity index (χ3n) is 4.34. The van der Waals surface area contributed by atoms with Gasteiger partial charge in [-0.1, -0.05) is 13.8 Å². The number of alkyl halides is 2. The van der Waals surface area contributed by atoms with E-state index in [0.717, 1.165) is 25.7 Å². The highest BCUT2D eigenvalue weighted by atomic mass is 19.3. The fourth-order valence-electron chi connectivity index (χ4n) is 2.87. The zero-order valence-corrected chi connectivity index (χ0v) is 13.6. The molecule has 20 heavy (non-hydrogen) atoms. The zero-order valence-electron chi connectivity index (χ0n) is 13.6. The Balaban J connectivity index is 2.61. The predicted molar refractivity (Wildman–Crippen MR) is 79.2 cm³/mol. The van der Waals surface area contributed by atoms with Gasteiger partial charge >= 0.3 is 0 Å². The summed E-state index contributed by atoms with van der Waals surface area (Å²) in [4.78, 5) is 0. The fraction of sp³-hybridized carbons (Fsp3) is 1.00. The van der Waals surface area contributed by atoms with Gasteiger partial charge in [0.2, 0.25) is 0 Å². The third kappa shape index (κ3) is 6.04. The van der Waals surface area contributed by atoms with E-state index in [0.29, 0.717) is 18.4 Å². The lowest BCUT2D eigenvalue weighted by molar-refractivity contribution is -0.114. The molecule has 0 aromatic heterocycles. The van der Waals surface area contributed by atoms with Crippen molar-refractivity contribution in [2.24, 2.45) is 11.8 Å². The number of halogens is 2. The summed E-state index contributed by atoms with van der Waals surface area (Å²) < 4.78 is 30.6. The summed E-state index contributed by atoms with van der Waals surface area (Å²) in [7, 11) is 0. The van der Waals surface area contributed by atoms with Crippen LogP contribution in [0.5, 0.6) is 0 Å². The highest BCUT2D eigenvalue weighted by Crippen LogP contribution is 2.38. The topological polar surface area (TPSA) is 21.3 Å². The van der Waals surface area contributed by atoms with E-state index in [1.807, 2.05) is 0 Å². The molecule has 0 aliphatic heterocycles. The van der Waals surface area contributed by atoms with Gasteiger partial charge in [-0.2, -0.15) is 0 Å². The van der Waals surface area contributed by atoms with Gasteiger partial charge in [-0.15, -0.1) is 0 Å². The van der Waals surface area contributed by atoms with Gasteiger partial charge in [0.25, 0.3) is 6.43 Å². The van der Waals surface area contributed by atoms with Gasteiger partial charge in [0.05, 0.1) is 5.60 Å². The SMILES string of the molecule is CC(C)C1CCC(CNC(C)(C)C)(OCC(F)F)CC1. The van der Waals surface area contributed by atoms with Crippen LogP contribution in [0.3, 0.4) is 0 Å². The number of hydrogen-bond donors (Lipinski definition) is 1. The molecule has 1 aliphatic carbocycles. The van der Waals surface area contributed by atoms with Crippen LogP contribution in [-0.4, -0.2) is 30.7 Å². The average Bonchev–Trinajstić information content (AvgIpc) is 2.34. The fourth-order valence-corrected chi connectivity index (χ4v) is 2.87. The molecule has 4 heteroatoms. The Morgan fingerprint density at radius 2 is 1.75 bits per heavy atom. The van der Waals surface area contributed by atoms with E-state index in [2.05, 4.69) is 39.9 Å². The number of rotatable bonds is 6. The summed E-state index contributed by atoms with van der Waals surface area (Å²) >= 11 is 0. The molecule has 0 amide bonds. The van der Waals surface area contributed by atoms with Gasteiger partial charge in [0.15, 0.2) is 0 Å². The van der Waals surface area contributed by atoms with Crippen molar-refractivity contribution < 1.29 is 13.5 Å². The Kier molecular flexibility index (Phi) is 6.39. The number of hydrogen-bond acceptors (Lipinski definition) is 2. The maximum absolute atomic E-state index is 12.5. The van der Waals surface area contributed by atoms with Crippen molar-refractivity contribution in [1.29, 1.82) is 0 Å². The Morgan fingerprint density at radius 3 is 2.15 bits per heavy atom. The minimum absolute atomic E-state index is 0.0178. The van der Waals surface area contributed by atoms with Crippen LogP contribution in [0.1, 0.15) is 60.3 Å². The van der Waals surface area contributed by atoms with Crippen LogP contribution >= 0.6 is 0 Å². The normalized spacial score (nSPS) is 28.4. The monoisotopic (exact) mass is 291 g/mol. The summed E-state index contributed by atoms with van der Waals surface area (Å²) in [5.41, 5.74) is -0.425. The maximum atomic E-state index is 12.5. The quantitative estimate of drug-likeness (QED) is 0.790. The molecule has 1 N–H and O–H groups in total. The van der Waals surface area contributed by atoms with E-state index >= 15 is 0 Å². The molecular weight excluding hydrogens is 260 g/mol. The summed E-state index contributed by atoms with van der Waals surface area (Å²) in [5.74, 6) is 1.37. The second kappa shape index (κ2) is 7.17. The van der Waals surface area contributed by atoms with Gasteiger partial charge in [-0.05, 0) is 58.3 Å². The summed E-state index contributed by atoms with van der Waals surface area (Å²) in [6.45, 7) is 11.0. The van der Waals surface area contributed by atoms with Gasteiger partial charge < -0.3 is 10.1 Å². The molecule has 120 valence electrons. The van der Waals surface area contributed by atoms with E-state index in [1.54, 1.807) is 0 Å². The highest BCUT2D eigenvalue weighted by Gasteiger charge is 2.38. The molecule has 1 aliphatic rings. The van der Waals surface area contributed by atoms with Crippen molar-refractivity contribution in [3.05, 3.63) is 0 Å². The van der Waals surface area contributed by atoms with E-state index < -0.39 is 18.6 Å². The van der Waals surface area contributed by atoms with Crippen LogP contribution in [0.15, 0.2) is 0 Å². The summed E-state index contributed by atoms with van der Waals surface area (Å²) in [6.07, 6.45) is 1.53. The van der Waals surface area contributed by atoms with Gasteiger partial charge in [-0.25, -0.2) is 8.78 Å². The molecular formula is C16H31F2NO. The van der Waals surface area contributed by atoms with Gasteiger partial charge in [0, 0.05) is 12.1 Å². The first-order valence-electron chi connectivity index (χ1n) is 7.81. The van der Waals surface area contributed by atoms with Crippen molar-refractivity contribution in [3.63, 3.8) is 0 Å². The molecule has 1 rings (SSSR count). The van der Waals surface area contributed by atoms with Crippen LogP contribution in [0.25, 0.3) is 0 Å². The molecule has 0 radical (unpaired) electrons. The molecule has 0 heterocycles. The highest BCUT2D eigenvalue weighted by molar-refractivity contribution is 4.92. The first kappa shape index (κ1) is 17.8. The van der Waals surface area contributed by atoms with E-state index in [1.165, 1.54) is 0 Å². The van der Waals surface area contributed by atoms with Crippen LogP contribution in [0, 0.1) is 11.8 Å². The Hall–Kier alpha value is -0.220. The van der Waals surface area contributed by atoms with E-state index in [9.17, 15) is 8.78 Å². The molecule has 0 saturated heterocycles. The van der Waals surface area contributed by atoms with Crippen molar-refractivity contribution in [2.45, 2.75) is 77.9 Å². The molecule has 0 aromatic rings. The molecule has 0 unspecified atom stereocenters. The lowest BCUT2D eigenvalue weighted by Gasteiger charge is -2.42. The molecule has 1 saturated carbocycles. The first-order valence-corrected chi connectivity index (χ1v) is 7.81. The molecule has 0 spiro atoms. The summed E-state index contributed by atoms with van der Waals surface area (Å²) in [6, 6.07) is 0. The second-order valence-electron chi connectivity index (χ2n) is 7.57. The van der Waals surface area contributed by atoms with Crippen molar-refractivity contribution in [1.82, 2.24) is 5.32 Å². The predicted octanol–water partition coefficient (Wildman–Crippen LogP) is 4.24. The van der Waals surface area contributed by atoms with Crippen molar-refractivity contribution >= 4 is 0 Å². The lowest BCUT2D eigenvalue weighted by Crippen LogP contribution is -2.51. The Morgan fingerprint density at radius 1 is 1.20 bits per heavy atom. The van der Waals surface area contributed by atoms with E-state index in [4.69, 9.17) is 4.74 Å². The Labute approximate surface area is 122 Å². The van der Waals surface area contributed by atoms with Crippen LogP contribution < -0.4 is 5.32 Å². The van der Waals surface area contributed by atoms with Crippen molar-refractivity contribution in [2.75, 3.05) is 13.2 Å². The molecule has 0 atom stereocenters. The Bertz CT molecular complexity index is 279. The minimum Gasteiger partial charge on any atom is -0.368 e. The molecule has 0 bridgehead atoms. The first-order chi connectivity index (χ1) is 9.14. The molecule has 2 nitrogen and oxygen atoms in total. The molecule has 0 aromatic carbocycles. The standard InChI is InChI=1S/C16H31F2NO/c1-12(2)13-6-8-16(9-7-13,20-10-14(17)18)11-19-15(3,4)5/h12-14,19H,6-11H2,1-5H3. The smallest absolute Gasteiger partial charge is 0.261 e. The third-order valence-corrected chi connectivity index (χ3v) is 4.34. The second-order valence-corrected chi connectivity index (χ2v) is 7.57. The lowest BCUT2D eigenvalue weighted by atomic mass is 9.74. The van der Waals surface area contributed by atoms with Crippen LogP contribution in [-0.2, 0) is 4.74 Å². The van der Waals surface area contributed by atoms with Gasteiger partial charge in [-0.3, -0.25) is 0 Å². The van der Waals surface area contributed by atoms with Gasteiger partial charge in [0.1, 0.15) is 6.61 Å². The zero-order chi connectivity index (χ0) is 15.4. The number of ether oxygens (including phenoxy) is 1. The van der Waals surface area contributed by atoms with Crippen LogP contribution in [0.2, 0.25) is 0 Å².